The average molecular weight is 451 g/mol. The fraction of sp³-hybridized carbons (Fsp3) is 0.739. The summed E-state index contributed by atoms with van der Waals surface area (Å²) in [6.45, 7) is 13.1. The molecule has 1 atom stereocenters. The molecule has 0 aromatic carbocycles. The van der Waals surface area contributed by atoms with Gasteiger partial charge in [-0.25, -0.2) is 13.4 Å². The first kappa shape index (κ1) is 24.0. The van der Waals surface area contributed by atoms with Gasteiger partial charge in [0, 0.05) is 50.4 Å². The van der Waals surface area contributed by atoms with Crippen LogP contribution in [0.1, 0.15) is 60.3 Å². The van der Waals surface area contributed by atoms with E-state index in [0.29, 0.717) is 11.8 Å². The van der Waals surface area contributed by atoms with Crippen molar-refractivity contribution < 1.29 is 13.2 Å². The van der Waals surface area contributed by atoms with Crippen LogP contribution in [-0.2, 0) is 14.8 Å². The van der Waals surface area contributed by atoms with Gasteiger partial charge in [0.2, 0.25) is 15.9 Å². The number of hydrogen-bond donors (Lipinski definition) is 0. The summed E-state index contributed by atoms with van der Waals surface area (Å²) in [6.07, 6.45) is 5.43. The first-order valence-electron chi connectivity index (χ1n) is 11.6. The van der Waals surface area contributed by atoms with Crippen molar-refractivity contribution in [1.29, 1.82) is 0 Å². The van der Waals surface area contributed by atoms with E-state index in [-0.39, 0.29) is 22.9 Å². The summed E-state index contributed by atoms with van der Waals surface area (Å²) in [7, 11) is -3.58. The Balaban J connectivity index is 1.62. The van der Waals surface area contributed by atoms with Crippen LogP contribution in [0, 0.1) is 11.8 Å². The summed E-state index contributed by atoms with van der Waals surface area (Å²) in [4.78, 5) is 21.8. The molecule has 2 fully saturated rings. The van der Waals surface area contributed by atoms with Crippen LogP contribution < -0.4 is 4.90 Å². The third-order valence-electron chi connectivity index (χ3n) is 6.45. The first-order chi connectivity index (χ1) is 14.6. The number of hydrogen-bond acceptors (Lipinski definition) is 5. The van der Waals surface area contributed by atoms with Crippen molar-refractivity contribution >= 4 is 21.7 Å². The van der Waals surface area contributed by atoms with Gasteiger partial charge in [0.15, 0.2) is 0 Å². The second-order valence-corrected chi connectivity index (χ2v) is 11.5. The monoisotopic (exact) mass is 450 g/mol. The Morgan fingerprint density at radius 1 is 1.06 bits per heavy atom. The average Bonchev–Trinajstić information content (AvgIpc) is 2.72. The van der Waals surface area contributed by atoms with Crippen molar-refractivity contribution in [3.8, 4) is 0 Å². The molecular weight excluding hydrogens is 412 g/mol. The number of nitrogens with zero attached hydrogens (tertiary/aromatic N) is 4. The Morgan fingerprint density at radius 2 is 1.71 bits per heavy atom. The molecule has 1 aromatic rings. The molecule has 174 valence electrons. The number of carbonyl (C=O) groups is 1. The molecule has 2 aliphatic heterocycles. The van der Waals surface area contributed by atoms with Gasteiger partial charge >= 0.3 is 0 Å². The maximum absolute atomic E-state index is 13.0. The summed E-state index contributed by atoms with van der Waals surface area (Å²) in [6, 6.07) is 3.20. The molecule has 1 unspecified atom stereocenters. The van der Waals surface area contributed by atoms with Crippen molar-refractivity contribution in [2.75, 3.05) is 31.1 Å². The highest BCUT2D eigenvalue weighted by Gasteiger charge is 2.32. The molecule has 31 heavy (non-hydrogen) atoms. The van der Waals surface area contributed by atoms with E-state index in [4.69, 9.17) is 0 Å². The molecule has 2 aliphatic rings. The van der Waals surface area contributed by atoms with Gasteiger partial charge in [-0.05, 0) is 71.4 Å². The van der Waals surface area contributed by atoms with Gasteiger partial charge in [-0.3, -0.25) is 4.79 Å². The Hall–Kier alpha value is -1.67. The Bertz CT molecular complexity index is 838. The van der Waals surface area contributed by atoms with Gasteiger partial charge in [-0.15, -0.1) is 0 Å². The van der Waals surface area contributed by atoms with E-state index in [1.54, 1.807) is 12.1 Å². The Morgan fingerprint density at radius 3 is 2.23 bits per heavy atom. The lowest BCUT2D eigenvalue weighted by Gasteiger charge is -2.37. The van der Waals surface area contributed by atoms with Crippen molar-refractivity contribution in [3.05, 3.63) is 18.3 Å². The van der Waals surface area contributed by atoms with Gasteiger partial charge in [0.25, 0.3) is 0 Å². The standard InChI is InChI=1S/C23H38N4O3S/c1-17(2)27(18(3)4)31(29,30)21-8-9-22(24-15-21)25-13-10-20(11-14-25)23(28)26-12-6-7-19(5)16-26/h8-9,15,17-20H,6-7,10-14,16H2,1-5H3. The SMILES string of the molecule is CC1CCCN(C(=O)C2CCN(c3ccc(S(=O)(=O)N(C(C)C)C(C)C)cn3)CC2)C1. The molecule has 3 heterocycles. The number of pyridine rings is 1. The number of anilines is 1. The van der Waals surface area contributed by atoms with Gasteiger partial charge in [0.1, 0.15) is 10.7 Å². The highest BCUT2D eigenvalue weighted by Crippen LogP contribution is 2.27. The molecule has 1 amide bonds. The third kappa shape index (κ3) is 5.40. The number of likely N-dealkylation sites (tertiary alicyclic amines) is 1. The maximum atomic E-state index is 13.0. The zero-order valence-corrected chi connectivity index (χ0v) is 20.4. The molecule has 3 rings (SSSR count). The van der Waals surface area contributed by atoms with Crippen molar-refractivity contribution in [2.45, 2.75) is 77.3 Å². The van der Waals surface area contributed by atoms with E-state index in [0.717, 1.165) is 51.3 Å². The van der Waals surface area contributed by atoms with E-state index in [1.807, 2.05) is 27.7 Å². The molecule has 1 aromatic heterocycles. The first-order valence-corrected chi connectivity index (χ1v) is 13.1. The number of rotatable bonds is 6. The quantitative estimate of drug-likeness (QED) is 0.664. The minimum absolute atomic E-state index is 0.0897. The van der Waals surface area contributed by atoms with Crippen molar-refractivity contribution in [2.24, 2.45) is 11.8 Å². The number of amides is 1. The van der Waals surface area contributed by atoms with Gasteiger partial charge in [-0.1, -0.05) is 6.92 Å². The maximum Gasteiger partial charge on any atom is 0.245 e. The van der Waals surface area contributed by atoms with Crippen LogP contribution in [0.2, 0.25) is 0 Å². The van der Waals surface area contributed by atoms with Crippen LogP contribution in [0.3, 0.4) is 0 Å². The lowest BCUT2D eigenvalue weighted by molar-refractivity contribution is -0.137. The molecule has 0 spiro atoms. The number of aromatic nitrogens is 1. The predicted molar refractivity (Wildman–Crippen MR) is 123 cm³/mol. The van der Waals surface area contributed by atoms with Crippen LogP contribution in [-0.4, -0.2) is 66.8 Å². The fourth-order valence-electron chi connectivity index (χ4n) is 4.99. The van der Waals surface area contributed by atoms with E-state index in [9.17, 15) is 13.2 Å². The zero-order chi connectivity index (χ0) is 22.8. The highest BCUT2D eigenvalue weighted by molar-refractivity contribution is 7.89. The summed E-state index contributed by atoms with van der Waals surface area (Å²) in [5.74, 6) is 1.77. The second kappa shape index (κ2) is 9.86. The molecule has 0 aliphatic carbocycles. The van der Waals surface area contributed by atoms with E-state index < -0.39 is 10.0 Å². The topological polar surface area (TPSA) is 73.8 Å². The normalized spacial score (nSPS) is 21.4. The smallest absolute Gasteiger partial charge is 0.245 e. The Labute approximate surface area is 187 Å². The summed E-state index contributed by atoms with van der Waals surface area (Å²) < 4.78 is 27.6. The van der Waals surface area contributed by atoms with Crippen molar-refractivity contribution in [1.82, 2.24) is 14.2 Å². The fourth-order valence-corrected chi connectivity index (χ4v) is 6.77. The molecule has 0 N–H and O–H groups in total. The number of carbonyl (C=O) groups excluding carboxylic acids is 1. The minimum Gasteiger partial charge on any atom is -0.357 e. The summed E-state index contributed by atoms with van der Waals surface area (Å²) in [5, 5.41) is 0. The Kier molecular flexibility index (Phi) is 7.63. The van der Waals surface area contributed by atoms with Gasteiger partial charge in [0.05, 0.1) is 0 Å². The van der Waals surface area contributed by atoms with E-state index >= 15 is 0 Å². The van der Waals surface area contributed by atoms with Gasteiger partial charge in [-0.2, -0.15) is 4.31 Å². The lowest BCUT2D eigenvalue weighted by Crippen LogP contribution is -2.46. The summed E-state index contributed by atoms with van der Waals surface area (Å²) >= 11 is 0. The van der Waals surface area contributed by atoms with E-state index in [1.165, 1.54) is 16.9 Å². The third-order valence-corrected chi connectivity index (χ3v) is 8.69. The molecule has 8 heteroatoms. The molecular formula is C23H38N4O3S. The largest absolute Gasteiger partial charge is 0.357 e. The van der Waals surface area contributed by atoms with Crippen LogP contribution in [0.25, 0.3) is 0 Å². The van der Waals surface area contributed by atoms with Crippen LogP contribution in [0.15, 0.2) is 23.2 Å². The lowest BCUT2D eigenvalue weighted by atomic mass is 9.93. The molecule has 0 bridgehead atoms. The van der Waals surface area contributed by atoms with Crippen LogP contribution in [0.5, 0.6) is 0 Å². The second-order valence-electron chi connectivity index (χ2n) is 9.67. The van der Waals surface area contributed by atoms with E-state index in [2.05, 4.69) is 21.7 Å². The molecule has 2 saturated heterocycles. The number of piperidine rings is 2. The zero-order valence-electron chi connectivity index (χ0n) is 19.6. The number of sulfonamides is 1. The van der Waals surface area contributed by atoms with Crippen LogP contribution in [0.4, 0.5) is 5.82 Å². The summed E-state index contributed by atoms with van der Waals surface area (Å²) in [5.41, 5.74) is 0. The minimum atomic E-state index is -3.58. The highest BCUT2D eigenvalue weighted by atomic mass is 32.2. The van der Waals surface area contributed by atoms with Gasteiger partial charge < -0.3 is 9.80 Å². The van der Waals surface area contributed by atoms with Crippen molar-refractivity contribution in [3.63, 3.8) is 0 Å². The van der Waals surface area contributed by atoms with Crippen LogP contribution >= 0.6 is 0 Å². The predicted octanol–water partition coefficient (Wildman–Crippen LogP) is 3.36. The molecule has 7 nitrogen and oxygen atoms in total. The molecule has 0 radical (unpaired) electrons. The molecule has 0 saturated carbocycles.